The summed E-state index contributed by atoms with van der Waals surface area (Å²) in [5, 5.41) is 4.74. The van der Waals surface area contributed by atoms with E-state index in [4.69, 9.17) is 4.74 Å². The van der Waals surface area contributed by atoms with Crippen LogP contribution in [0.3, 0.4) is 0 Å². The molecule has 0 spiro atoms. The maximum absolute atomic E-state index is 12.5. The zero-order valence-electron chi connectivity index (χ0n) is 11.6. The first-order valence-electron chi connectivity index (χ1n) is 6.23. The molecule has 1 unspecified atom stereocenters. The van der Waals surface area contributed by atoms with E-state index in [1.54, 1.807) is 29.9 Å². The number of sulfonamides is 1. The van der Waals surface area contributed by atoms with Gasteiger partial charge in [-0.25, -0.2) is 18.1 Å². The standard InChI is InChI=1S/C11H18N4O3S2/c1-4-18-7-8(2)14-20(16,17)10-9(12-3)13-11-15(10)5-6-19-11/h5-6,8,12,14H,4,7H2,1-3H3. The highest BCUT2D eigenvalue weighted by molar-refractivity contribution is 7.89. The number of hydrogen-bond donors (Lipinski definition) is 2. The van der Waals surface area contributed by atoms with Gasteiger partial charge in [-0.3, -0.25) is 4.40 Å². The van der Waals surface area contributed by atoms with Crippen molar-refractivity contribution in [2.75, 3.05) is 25.6 Å². The lowest BCUT2D eigenvalue weighted by atomic mass is 10.4. The fourth-order valence-corrected chi connectivity index (χ4v) is 4.12. The van der Waals surface area contributed by atoms with Crippen molar-refractivity contribution >= 4 is 32.1 Å². The van der Waals surface area contributed by atoms with Gasteiger partial charge in [0.05, 0.1) is 6.61 Å². The van der Waals surface area contributed by atoms with Crippen molar-refractivity contribution in [2.24, 2.45) is 0 Å². The topological polar surface area (TPSA) is 84.7 Å². The lowest BCUT2D eigenvalue weighted by Gasteiger charge is -2.14. The molecule has 2 N–H and O–H groups in total. The highest BCUT2D eigenvalue weighted by Crippen LogP contribution is 2.25. The van der Waals surface area contributed by atoms with E-state index in [0.717, 1.165) is 0 Å². The predicted octanol–water partition coefficient (Wildman–Crippen LogP) is 1.14. The minimum absolute atomic E-state index is 0.125. The Morgan fingerprint density at radius 3 is 2.95 bits per heavy atom. The molecule has 0 saturated carbocycles. The van der Waals surface area contributed by atoms with Gasteiger partial charge in [-0.05, 0) is 13.8 Å². The monoisotopic (exact) mass is 318 g/mol. The van der Waals surface area contributed by atoms with Gasteiger partial charge in [-0.2, -0.15) is 0 Å². The van der Waals surface area contributed by atoms with Crippen LogP contribution in [0.25, 0.3) is 4.96 Å². The zero-order valence-corrected chi connectivity index (χ0v) is 13.2. The molecular weight excluding hydrogens is 300 g/mol. The number of aromatic nitrogens is 2. The van der Waals surface area contributed by atoms with E-state index < -0.39 is 10.0 Å². The number of fused-ring (bicyclic) bond motifs is 1. The first-order valence-corrected chi connectivity index (χ1v) is 8.59. The molecule has 2 aromatic heterocycles. The van der Waals surface area contributed by atoms with Crippen LogP contribution in [-0.4, -0.2) is 44.1 Å². The second kappa shape index (κ2) is 6.08. The van der Waals surface area contributed by atoms with Gasteiger partial charge < -0.3 is 10.1 Å². The maximum atomic E-state index is 12.5. The quantitative estimate of drug-likeness (QED) is 0.800. The number of ether oxygens (including phenoxy) is 1. The van der Waals surface area contributed by atoms with E-state index in [-0.39, 0.29) is 11.1 Å². The lowest BCUT2D eigenvalue weighted by molar-refractivity contribution is 0.133. The van der Waals surface area contributed by atoms with Crippen molar-refractivity contribution in [3.8, 4) is 0 Å². The largest absolute Gasteiger partial charge is 0.380 e. The van der Waals surface area contributed by atoms with E-state index in [0.29, 0.717) is 24.0 Å². The van der Waals surface area contributed by atoms with Crippen molar-refractivity contribution in [2.45, 2.75) is 24.9 Å². The number of anilines is 1. The van der Waals surface area contributed by atoms with E-state index in [2.05, 4.69) is 15.0 Å². The summed E-state index contributed by atoms with van der Waals surface area (Å²) >= 11 is 1.38. The number of rotatable bonds is 7. The van der Waals surface area contributed by atoms with Gasteiger partial charge in [0.2, 0.25) is 0 Å². The first kappa shape index (κ1) is 15.2. The maximum Gasteiger partial charge on any atom is 0.260 e. The number of nitrogens with zero attached hydrogens (tertiary/aromatic N) is 2. The molecule has 0 saturated heterocycles. The van der Waals surface area contributed by atoms with Crippen LogP contribution in [0.2, 0.25) is 0 Å². The summed E-state index contributed by atoms with van der Waals surface area (Å²) in [5.74, 6) is 0.341. The molecule has 0 fully saturated rings. The minimum atomic E-state index is -3.67. The molecule has 0 aliphatic carbocycles. The summed E-state index contributed by atoms with van der Waals surface area (Å²) in [6, 6.07) is -0.311. The Morgan fingerprint density at radius 2 is 2.30 bits per heavy atom. The Morgan fingerprint density at radius 1 is 1.55 bits per heavy atom. The molecular formula is C11H18N4O3S2. The molecule has 0 aliphatic heterocycles. The van der Waals surface area contributed by atoms with Gasteiger partial charge in [0.15, 0.2) is 15.8 Å². The van der Waals surface area contributed by atoms with E-state index in [1.807, 2.05) is 6.92 Å². The van der Waals surface area contributed by atoms with Crippen molar-refractivity contribution in [1.29, 1.82) is 0 Å². The summed E-state index contributed by atoms with van der Waals surface area (Å²) in [7, 11) is -2.02. The Labute approximate surface area is 122 Å². The molecule has 0 amide bonds. The van der Waals surface area contributed by atoms with Gasteiger partial charge in [-0.15, -0.1) is 11.3 Å². The summed E-state index contributed by atoms with van der Waals surface area (Å²) in [6.45, 7) is 4.51. The van der Waals surface area contributed by atoms with Crippen molar-refractivity contribution in [3.63, 3.8) is 0 Å². The normalized spacial score (nSPS) is 13.8. The van der Waals surface area contributed by atoms with Crippen LogP contribution in [0.1, 0.15) is 13.8 Å². The van der Waals surface area contributed by atoms with Crippen LogP contribution in [0.15, 0.2) is 16.6 Å². The van der Waals surface area contributed by atoms with E-state index in [9.17, 15) is 8.42 Å². The molecule has 9 heteroatoms. The summed E-state index contributed by atoms with van der Waals surface area (Å²) < 4.78 is 34.4. The van der Waals surface area contributed by atoms with Gasteiger partial charge in [0.1, 0.15) is 0 Å². The highest BCUT2D eigenvalue weighted by Gasteiger charge is 2.26. The molecule has 7 nitrogen and oxygen atoms in total. The summed E-state index contributed by atoms with van der Waals surface area (Å²) in [4.78, 5) is 4.88. The lowest BCUT2D eigenvalue weighted by Crippen LogP contribution is -2.36. The first-order chi connectivity index (χ1) is 9.49. The fourth-order valence-electron chi connectivity index (χ4n) is 1.83. The molecule has 2 rings (SSSR count). The molecule has 112 valence electrons. The van der Waals surface area contributed by atoms with Crippen LogP contribution in [0.4, 0.5) is 5.82 Å². The molecule has 2 heterocycles. The Kier molecular flexibility index (Phi) is 4.63. The van der Waals surface area contributed by atoms with Crippen molar-refractivity contribution in [1.82, 2.24) is 14.1 Å². The molecule has 1 atom stereocenters. The molecule has 0 radical (unpaired) electrons. The number of thiazole rings is 1. The van der Waals surface area contributed by atoms with E-state index in [1.165, 1.54) is 11.3 Å². The number of imidazole rings is 1. The van der Waals surface area contributed by atoms with Crippen LogP contribution in [0.5, 0.6) is 0 Å². The fraction of sp³-hybridized carbons (Fsp3) is 0.545. The van der Waals surface area contributed by atoms with Crippen molar-refractivity contribution < 1.29 is 13.2 Å². The van der Waals surface area contributed by atoms with Crippen LogP contribution >= 0.6 is 11.3 Å². The van der Waals surface area contributed by atoms with Gasteiger partial charge >= 0.3 is 0 Å². The second-order valence-corrected chi connectivity index (χ2v) is 6.76. The highest BCUT2D eigenvalue weighted by atomic mass is 32.2. The van der Waals surface area contributed by atoms with Crippen LogP contribution in [0, 0.1) is 0 Å². The third-order valence-corrected chi connectivity index (χ3v) is 5.01. The molecule has 0 aromatic carbocycles. The summed E-state index contributed by atoms with van der Waals surface area (Å²) in [5.41, 5.74) is 0. The van der Waals surface area contributed by atoms with Gasteiger partial charge in [0.25, 0.3) is 10.0 Å². The smallest absolute Gasteiger partial charge is 0.260 e. The average Bonchev–Trinajstić information content (AvgIpc) is 2.94. The molecule has 20 heavy (non-hydrogen) atoms. The molecule has 2 aromatic rings. The average molecular weight is 318 g/mol. The van der Waals surface area contributed by atoms with Gasteiger partial charge in [-0.1, -0.05) is 0 Å². The SMILES string of the molecule is CCOCC(C)NS(=O)(=O)c1c(NC)nc2sccn12. The number of nitrogens with one attached hydrogen (secondary N) is 2. The Balaban J connectivity index is 2.33. The minimum Gasteiger partial charge on any atom is -0.380 e. The van der Waals surface area contributed by atoms with Gasteiger partial charge in [0, 0.05) is 31.3 Å². The summed E-state index contributed by atoms with van der Waals surface area (Å²) in [6.07, 6.45) is 1.69. The van der Waals surface area contributed by atoms with Crippen molar-refractivity contribution in [3.05, 3.63) is 11.6 Å². The third kappa shape index (κ3) is 2.95. The Hall–Kier alpha value is -1.16. The zero-order chi connectivity index (χ0) is 14.8. The predicted molar refractivity (Wildman–Crippen MR) is 78.9 cm³/mol. The van der Waals surface area contributed by atoms with E-state index >= 15 is 0 Å². The molecule has 0 aliphatic rings. The number of hydrogen-bond acceptors (Lipinski definition) is 6. The van der Waals surface area contributed by atoms with Crippen LogP contribution < -0.4 is 10.0 Å². The third-order valence-electron chi connectivity index (χ3n) is 2.64. The van der Waals surface area contributed by atoms with Crippen LogP contribution in [-0.2, 0) is 14.8 Å². The molecule has 0 bridgehead atoms. The Bertz CT molecular complexity index is 677. The second-order valence-electron chi connectivity index (χ2n) is 4.25.